The molecule has 2 aromatic rings. The number of amides is 1. The van der Waals surface area contributed by atoms with Crippen LogP contribution in [0.25, 0.3) is 0 Å². The number of rotatable bonds is 5. The summed E-state index contributed by atoms with van der Waals surface area (Å²) in [4.78, 5) is 14.4. The van der Waals surface area contributed by atoms with Gasteiger partial charge in [-0.25, -0.2) is 0 Å². The first-order valence-electron chi connectivity index (χ1n) is 7.29. The zero-order valence-corrected chi connectivity index (χ0v) is 12.8. The van der Waals surface area contributed by atoms with Crippen LogP contribution in [0.4, 0.5) is 5.69 Å². The molecule has 0 aromatic heterocycles. The Morgan fingerprint density at radius 1 is 1.09 bits per heavy atom. The van der Waals surface area contributed by atoms with Gasteiger partial charge in [-0.1, -0.05) is 18.2 Å². The summed E-state index contributed by atoms with van der Waals surface area (Å²) in [6.45, 7) is 1.31. The first-order valence-corrected chi connectivity index (χ1v) is 7.29. The monoisotopic (exact) mass is 297 g/mol. The first-order chi connectivity index (χ1) is 10.7. The highest BCUT2D eigenvalue weighted by atomic mass is 16.5. The molecule has 2 aromatic carbocycles. The van der Waals surface area contributed by atoms with Crippen LogP contribution in [0.5, 0.6) is 5.75 Å². The van der Waals surface area contributed by atoms with Gasteiger partial charge in [0.05, 0.1) is 20.3 Å². The van der Waals surface area contributed by atoms with Crippen molar-refractivity contribution in [2.24, 2.45) is 0 Å². The van der Waals surface area contributed by atoms with Crippen molar-refractivity contribution in [2.75, 3.05) is 25.7 Å². The zero-order chi connectivity index (χ0) is 15.5. The molecule has 1 aliphatic rings. The van der Waals surface area contributed by atoms with Gasteiger partial charge in [0.15, 0.2) is 0 Å². The number of nitrogens with zero attached hydrogens (tertiary/aromatic N) is 1. The fraction of sp³-hybridized carbons (Fsp3) is 0.278. The smallest absolute Gasteiger partial charge is 0.259 e. The second-order valence-corrected chi connectivity index (χ2v) is 5.32. The summed E-state index contributed by atoms with van der Waals surface area (Å²) >= 11 is 0. The predicted octanol–water partition coefficient (Wildman–Crippen LogP) is 3.04. The Kier molecular flexibility index (Phi) is 4.11. The molecule has 0 spiro atoms. The van der Waals surface area contributed by atoms with Crippen LogP contribution in [0.1, 0.15) is 21.5 Å². The van der Waals surface area contributed by atoms with Crippen molar-refractivity contribution in [1.29, 1.82) is 0 Å². The second kappa shape index (κ2) is 6.20. The minimum Gasteiger partial charge on any atom is -0.497 e. The SMILES string of the molecule is COCCc1ccc(N2Cc3ccc(OC)cc3C2=O)cc1. The van der Waals surface area contributed by atoms with Gasteiger partial charge >= 0.3 is 0 Å². The number of methoxy groups -OCH3 is 2. The summed E-state index contributed by atoms with van der Waals surface area (Å²) in [5.41, 5.74) is 3.88. The van der Waals surface area contributed by atoms with Gasteiger partial charge in [-0.3, -0.25) is 4.79 Å². The Morgan fingerprint density at radius 2 is 1.86 bits per heavy atom. The standard InChI is InChI=1S/C18H19NO3/c1-21-10-9-13-3-6-15(7-4-13)19-12-14-5-8-16(22-2)11-17(14)18(19)20/h3-8,11H,9-10,12H2,1-2H3. The first kappa shape index (κ1) is 14.6. The van der Waals surface area contributed by atoms with Crippen molar-refractivity contribution in [1.82, 2.24) is 0 Å². The van der Waals surface area contributed by atoms with Crippen molar-refractivity contribution in [3.05, 3.63) is 59.2 Å². The predicted molar refractivity (Wildman–Crippen MR) is 85.5 cm³/mol. The van der Waals surface area contributed by atoms with Crippen LogP contribution in [-0.4, -0.2) is 26.7 Å². The third-order valence-electron chi connectivity index (χ3n) is 3.96. The van der Waals surface area contributed by atoms with E-state index in [0.29, 0.717) is 18.9 Å². The van der Waals surface area contributed by atoms with E-state index < -0.39 is 0 Å². The molecule has 0 unspecified atom stereocenters. The van der Waals surface area contributed by atoms with Gasteiger partial charge < -0.3 is 14.4 Å². The number of ether oxygens (including phenoxy) is 2. The molecule has 4 nitrogen and oxygen atoms in total. The molecule has 114 valence electrons. The number of hydrogen-bond acceptors (Lipinski definition) is 3. The lowest BCUT2D eigenvalue weighted by atomic mass is 10.1. The molecule has 1 aliphatic heterocycles. The molecule has 4 heteroatoms. The van der Waals surface area contributed by atoms with E-state index in [4.69, 9.17) is 9.47 Å². The lowest BCUT2D eigenvalue weighted by molar-refractivity contribution is 0.0996. The molecule has 22 heavy (non-hydrogen) atoms. The number of hydrogen-bond donors (Lipinski definition) is 0. The largest absolute Gasteiger partial charge is 0.497 e. The highest BCUT2D eigenvalue weighted by Crippen LogP contribution is 2.30. The molecule has 0 saturated carbocycles. The van der Waals surface area contributed by atoms with Crippen molar-refractivity contribution in [3.8, 4) is 5.75 Å². The quantitative estimate of drug-likeness (QED) is 0.851. The lowest BCUT2D eigenvalue weighted by Crippen LogP contribution is -2.22. The van der Waals surface area contributed by atoms with Crippen LogP contribution in [0.3, 0.4) is 0 Å². The highest BCUT2D eigenvalue weighted by molar-refractivity contribution is 6.10. The summed E-state index contributed by atoms with van der Waals surface area (Å²) in [5, 5.41) is 0. The Hall–Kier alpha value is -2.33. The van der Waals surface area contributed by atoms with Gasteiger partial charge in [-0.05, 0) is 41.8 Å². The van der Waals surface area contributed by atoms with E-state index in [1.807, 2.05) is 42.5 Å². The topological polar surface area (TPSA) is 38.8 Å². The summed E-state index contributed by atoms with van der Waals surface area (Å²) in [6.07, 6.45) is 0.877. The molecule has 0 radical (unpaired) electrons. The number of anilines is 1. The molecule has 0 N–H and O–H groups in total. The molecular formula is C18H19NO3. The number of fused-ring (bicyclic) bond motifs is 1. The summed E-state index contributed by atoms with van der Waals surface area (Å²) in [7, 11) is 3.31. The third kappa shape index (κ3) is 2.70. The maximum Gasteiger partial charge on any atom is 0.259 e. The Balaban J connectivity index is 1.80. The fourth-order valence-electron chi connectivity index (χ4n) is 2.68. The van der Waals surface area contributed by atoms with Crippen molar-refractivity contribution < 1.29 is 14.3 Å². The van der Waals surface area contributed by atoms with Crippen LogP contribution >= 0.6 is 0 Å². The maximum atomic E-state index is 12.6. The lowest BCUT2D eigenvalue weighted by Gasteiger charge is -2.16. The molecular weight excluding hydrogens is 278 g/mol. The minimum absolute atomic E-state index is 0.0264. The van der Waals surface area contributed by atoms with Gasteiger partial charge in [-0.2, -0.15) is 0 Å². The van der Waals surface area contributed by atoms with Crippen LogP contribution in [0, 0.1) is 0 Å². The molecule has 0 atom stereocenters. The molecule has 0 saturated heterocycles. The number of carbonyl (C=O) groups is 1. The van der Waals surface area contributed by atoms with E-state index in [0.717, 1.165) is 23.2 Å². The van der Waals surface area contributed by atoms with Crippen LogP contribution < -0.4 is 9.64 Å². The summed E-state index contributed by atoms with van der Waals surface area (Å²) < 4.78 is 10.3. The van der Waals surface area contributed by atoms with Gasteiger partial charge in [0.25, 0.3) is 5.91 Å². The minimum atomic E-state index is 0.0264. The van der Waals surface area contributed by atoms with Crippen LogP contribution in [-0.2, 0) is 17.7 Å². The van der Waals surface area contributed by atoms with E-state index in [9.17, 15) is 4.79 Å². The summed E-state index contributed by atoms with van der Waals surface area (Å²) in [5.74, 6) is 0.738. The number of carbonyl (C=O) groups excluding carboxylic acids is 1. The van der Waals surface area contributed by atoms with Crippen molar-refractivity contribution in [2.45, 2.75) is 13.0 Å². The maximum absolute atomic E-state index is 12.6. The zero-order valence-electron chi connectivity index (χ0n) is 12.8. The summed E-state index contributed by atoms with van der Waals surface area (Å²) in [6, 6.07) is 13.7. The van der Waals surface area contributed by atoms with Gasteiger partial charge in [0.1, 0.15) is 5.75 Å². The van der Waals surface area contributed by atoms with Crippen molar-refractivity contribution in [3.63, 3.8) is 0 Å². The number of benzene rings is 2. The molecule has 3 rings (SSSR count). The van der Waals surface area contributed by atoms with Gasteiger partial charge in [-0.15, -0.1) is 0 Å². The second-order valence-electron chi connectivity index (χ2n) is 5.32. The van der Waals surface area contributed by atoms with Crippen LogP contribution in [0.15, 0.2) is 42.5 Å². The Morgan fingerprint density at radius 3 is 2.55 bits per heavy atom. The highest BCUT2D eigenvalue weighted by Gasteiger charge is 2.28. The molecule has 0 bridgehead atoms. The van der Waals surface area contributed by atoms with E-state index in [-0.39, 0.29) is 5.91 Å². The molecule has 0 aliphatic carbocycles. The van der Waals surface area contributed by atoms with E-state index in [1.54, 1.807) is 19.1 Å². The molecule has 1 heterocycles. The third-order valence-corrected chi connectivity index (χ3v) is 3.96. The van der Waals surface area contributed by atoms with Gasteiger partial charge in [0.2, 0.25) is 0 Å². The average molecular weight is 297 g/mol. The Bertz CT molecular complexity index is 679. The van der Waals surface area contributed by atoms with E-state index in [1.165, 1.54) is 5.56 Å². The molecule has 0 fully saturated rings. The normalized spacial score (nSPS) is 13.4. The fourth-order valence-corrected chi connectivity index (χ4v) is 2.68. The Labute approximate surface area is 130 Å². The van der Waals surface area contributed by atoms with E-state index >= 15 is 0 Å². The van der Waals surface area contributed by atoms with E-state index in [2.05, 4.69) is 0 Å². The van der Waals surface area contributed by atoms with Crippen LogP contribution in [0.2, 0.25) is 0 Å². The van der Waals surface area contributed by atoms with Crippen molar-refractivity contribution >= 4 is 11.6 Å². The molecule has 1 amide bonds. The average Bonchev–Trinajstić information content (AvgIpc) is 2.90. The van der Waals surface area contributed by atoms with Gasteiger partial charge in [0, 0.05) is 18.4 Å².